The highest BCUT2D eigenvalue weighted by Crippen LogP contribution is 2.35. The summed E-state index contributed by atoms with van der Waals surface area (Å²) in [6.45, 7) is 5.52. The van der Waals surface area contributed by atoms with Crippen LogP contribution in [0.3, 0.4) is 0 Å². The van der Waals surface area contributed by atoms with Crippen molar-refractivity contribution in [2.24, 2.45) is 5.92 Å². The lowest BCUT2D eigenvalue weighted by Gasteiger charge is -2.33. The van der Waals surface area contributed by atoms with E-state index in [4.69, 9.17) is 9.72 Å². The molecule has 0 saturated carbocycles. The van der Waals surface area contributed by atoms with Gasteiger partial charge in [0.25, 0.3) is 0 Å². The van der Waals surface area contributed by atoms with Crippen molar-refractivity contribution < 1.29 is 22.3 Å². The zero-order chi connectivity index (χ0) is 25.4. The van der Waals surface area contributed by atoms with Gasteiger partial charge in [-0.2, -0.15) is 4.31 Å². The van der Waals surface area contributed by atoms with E-state index in [0.29, 0.717) is 31.1 Å². The number of ether oxygens (including phenoxy) is 1. The zero-order valence-corrected chi connectivity index (χ0v) is 22.1. The van der Waals surface area contributed by atoms with Gasteiger partial charge in [-0.25, -0.2) is 17.8 Å². The molecule has 1 unspecified atom stereocenters. The molecule has 2 saturated heterocycles. The lowest BCUT2D eigenvalue weighted by Crippen LogP contribution is -2.46. The molecular weight excluding hydrogens is 501 g/mol. The van der Waals surface area contributed by atoms with E-state index < -0.39 is 15.8 Å². The van der Waals surface area contributed by atoms with Crippen molar-refractivity contribution in [2.45, 2.75) is 50.5 Å². The Kier molecular flexibility index (Phi) is 7.13. The number of piperidine rings is 1. The number of rotatable bonds is 6. The van der Waals surface area contributed by atoms with Crippen molar-refractivity contribution in [3.63, 3.8) is 0 Å². The Morgan fingerprint density at radius 3 is 2.53 bits per heavy atom. The minimum absolute atomic E-state index is 0.0373. The normalized spacial score (nSPS) is 19.7. The highest BCUT2D eigenvalue weighted by Gasteiger charge is 2.37. The summed E-state index contributed by atoms with van der Waals surface area (Å²) < 4.78 is 48.4. The molecule has 1 amide bonds. The molecule has 36 heavy (non-hydrogen) atoms. The number of hydrogen-bond donors (Lipinski definition) is 0. The smallest absolute Gasteiger partial charge is 0.245 e. The van der Waals surface area contributed by atoms with Gasteiger partial charge in [-0.3, -0.25) is 9.69 Å². The minimum Gasteiger partial charge on any atom is -0.376 e. The van der Waals surface area contributed by atoms with Gasteiger partial charge in [0.2, 0.25) is 15.9 Å². The predicted molar refractivity (Wildman–Crippen MR) is 138 cm³/mol. The molecule has 10 heteroatoms. The van der Waals surface area contributed by atoms with E-state index in [1.807, 2.05) is 19.9 Å². The molecule has 3 aromatic rings. The molecule has 0 N–H and O–H groups in total. The average molecular weight is 532 g/mol. The molecule has 0 spiro atoms. The van der Waals surface area contributed by atoms with Gasteiger partial charge in [-0.15, -0.1) is 0 Å². The lowest BCUT2D eigenvalue weighted by molar-refractivity contribution is -0.123. The number of carbonyl (C=O) groups excluding carboxylic acids is 1. The van der Waals surface area contributed by atoms with Crippen LogP contribution in [-0.2, 0) is 19.6 Å². The predicted octanol–water partition coefficient (Wildman–Crippen LogP) is 4.67. The first-order valence-electron chi connectivity index (χ1n) is 12.3. The number of hydrogen-bond acceptors (Lipinski definition) is 6. The van der Waals surface area contributed by atoms with Gasteiger partial charge in [0.05, 0.1) is 22.9 Å². The van der Waals surface area contributed by atoms with E-state index in [2.05, 4.69) is 6.07 Å². The fourth-order valence-corrected chi connectivity index (χ4v) is 7.64. The molecular formula is C26H30FN3O4S2. The van der Waals surface area contributed by atoms with E-state index in [1.165, 1.54) is 33.8 Å². The number of sulfonamides is 1. The van der Waals surface area contributed by atoms with Crippen molar-refractivity contribution in [1.82, 2.24) is 9.29 Å². The van der Waals surface area contributed by atoms with Gasteiger partial charge < -0.3 is 4.74 Å². The van der Waals surface area contributed by atoms with Crippen LogP contribution in [0.25, 0.3) is 10.2 Å². The number of anilines is 1. The summed E-state index contributed by atoms with van der Waals surface area (Å²) in [4.78, 5) is 20.1. The van der Waals surface area contributed by atoms with Crippen LogP contribution < -0.4 is 4.90 Å². The Bertz CT molecular complexity index is 1340. The maximum atomic E-state index is 14.2. The summed E-state index contributed by atoms with van der Waals surface area (Å²) in [5.74, 6) is -1.16. The molecule has 2 aliphatic rings. The van der Waals surface area contributed by atoms with E-state index in [-0.39, 0.29) is 35.9 Å². The molecule has 1 atom stereocenters. The largest absolute Gasteiger partial charge is 0.376 e. The van der Waals surface area contributed by atoms with Gasteiger partial charge in [0, 0.05) is 25.6 Å². The van der Waals surface area contributed by atoms with Crippen LogP contribution in [0.15, 0.2) is 41.3 Å². The number of carbonyl (C=O) groups is 1. The standard InChI is InChI=1S/C26H30FN3O4S2/c1-17-9-10-18(2)24-23(17)28-26(35-24)30(16-20-6-5-15-34-20)25(31)19-11-13-29(14-12-19)36(32,33)22-8-4-3-7-21(22)27/h3-4,7-10,19-20H,5-6,11-16H2,1-2H3. The summed E-state index contributed by atoms with van der Waals surface area (Å²) in [5, 5.41) is 0.657. The molecule has 1 aromatic heterocycles. The highest BCUT2D eigenvalue weighted by molar-refractivity contribution is 7.89. The van der Waals surface area contributed by atoms with E-state index in [0.717, 1.165) is 40.3 Å². The summed E-state index contributed by atoms with van der Waals surface area (Å²) in [7, 11) is -3.96. The maximum Gasteiger partial charge on any atom is 0.245 e. The van der Waals surface area contributed by atoms with Crippen molar-refractivity contribution in [2.75, 3.05) is 31.1 Å². The van der Waals surface area contributed by atoms with Crippen LogP contribution >= 0.6 is 11.3 Å². The fourth-order valence-electron chi connectivity index (χ4n) is 4.97. The first-order chi connectivity index (χ1) is 17.3. The van der Waals surface area contributed by atoms with Gasteiger partial charge >= 0.3 is 0 Å². The van der Waals surface area contributed by atoms with E-state index >= 15 is 0 Å². The van der Waals surface area contributed by atoms with E-state index in [1.54, 1.807) is 4.90 Å². The van der Waals surface area contributed by atoms with Crippen molar-refractivity contribution in [3.05, 3.63) is 53.3 Å². The van der Waals surface area contributed by atoms with Gasteiger partial charge in [-0.1, -0.05) is 35.6 Å². The van der Waals surface area contributed by atoms with Gasteiger partial charge in [0.1, 0.15) is 10.7 Å². The van der Waals surface area contributed by atoms with Gasteiger partial charge in [0.15, 0.2) is 5.13 Å². The average Bonchev–Trinajstić information content (AvgIpc) is 3.55. The van der Waals surface area contributed by atoms with Crippen molar-refractivity contribution in [1.29, 1.82) is 0 Å². The Hall–Kier alpha value is -2.40. The van der Waals surface area contributed by atoms with Crippen LogP contribution in [0, 0.1) is 25.6 Å². The molecule has 2 fully saturated rings. The minimum atomic E-state index is -3.96. The van der Waals surface area contributed by atoms with Crippen LogP contribution in [0.4, 0.5) is 9.52 Å². The lowest BCUT2D eigenvalue weighted by atomic mass is 9.96. The summed E-state index contributed by atoms with van der Waals surface area (Å²) in [6.07, 6.45) is 2.57. The molecule has 5 rings (SSSR count). The number of aromatic nitrogens is 1. The molecule has 0 aliphatic carbocycles. The molecule has 2 aliphatic heterocycles. The number of halogens is 1. The second-order valence-corrected chi connectivity index (χ2v) is 12.5. The Balaban J connectivity index is 1.37. The van der Waals surface area contributed by atoms with Crippen LogP contribution in [-0.4, -0.2) is 56.0 Å². The van der Waals surface area contributed by atoms with Crippen molar-refractivity contribution >= 4 is 42.6 Å². The third-order valence-corrected chi connectivity index (χ3v) is 10.2. The quantitative estimate of drug-likeness (QED) is 0.462. The third-order valence-electron chi connectivity index (χ3n) is 7.10. The number of thiazole rings is 1. The number of fused-ring (bicyclic) bond motifs is 1. The number of nitrogens with zero attached hydrogens (tertiary/aromatic N) is 3. The SMILES string of the molecule is Cc1ccc(C)c2sc(N(CC3CCCO3)C(=O)C3CCN(S(=O)(=O)c4ccccc4F)CC3)nc12. The maximum absolute atomic E-state index is 14.2. The third kappa shape index (κ3) is 4.79. The Morgan fingerprint density at radius 2 is 1.86 bits per heavy atom. The molecule has 192 valence electrons. The molecule has 0 bridgehead atoms. The molecule has 3 heterocycles. The Morgan fingerprint density at radius 1 is 1.14 bits per heavy atom. The first-order valence-corrected chi connectivity index (χ1v) is 14.6. The first kappa shape index (κ1) is 25.3. The van der Waals surface area contributed by atoms with Crippen molar-refractivity contribution in [3.8, 4) is 0 Å². The number of amides is 1. The second-order valence-electron chi connectivity index (χ2n) is 9.57. The summed E-state index contributed by atoms with van der Waals surface area (Å²) >= 11 is 1.52. The Labute approximate surface area is 214 Å². The molecule has 0 radical (unpaired) electrons. The van der Waals surface area contributed by atoms with Crippen LogP contribution in [0.5, 0.6) is 0 Å². The molecule has 7 nitrogen and oxygen atoms in total. The monoisotopic (exact) mass is 531 g/mol. The summed E-state index contributed by atoms with van der Waals surface area (Å²) in [6, 6.07) is 9.51. The highest BCUT2D eigenvalue weighted by atomic mass is 32.2. The topological polar surface area (TPSA) is 79.8 Å². The second kappa shape index (κ2) is 10.2. The van der Waals surface area contributed by atoms with Crippen LogP contribution in [0.1, 0.15) is 36.8 Å². The number of benzene rings is 2. The van der Waals surface area contributed by atoms with E-state index in [9.17, 15) is 17.6 Å². The fraction of sp³-hybridized carbons (Fsp3) is 0.462. The summed E-state index contributed by atoms with van der Waals surface area (Å²) in [5.41, 5.74) is 3.09. The molecule has 2 aromatic carbocycles. The number of aryl methyl sites for hydroxylation is 2. The zero-order valence-electron chi connectivity index (χ0n) is 20.4. The van der Waals surface area contributed by atoms with Gasteiger partial charge in [-0.05, 0) is 62.8 Å². The van der Waals surface area contributed by atoms with Crippen LogP contribution in [0.2, 0.25) is 0 Å².